The summed E-state index contributed by atoms with van der Waals surface area (Å²) in [5.74, 6) is -0.554. The summed E-state index contributed by atoms with van der Waals surface area (Å²) >= 11 is 1.27. The molecule has 1 aromatic heterocycles. The maximum Gasteiger partial charge on any atom is 0.271 e. The van der Waals surface area contributed by atoms with E-state index in [9.17, 15) is 23.3 Å². The Morgan fingerprint density at radius 2 is 1.90 bits per heavy atom. The van der Waals surface area contributed by atoms with Gasteiger partial charge in [-0.05, 0) is 38.5 Å². The van der Waals surface area contributed by atoms with E-state index in [0.29, 0.717) is 16.9 Å². The highest BCUT2D eigenvalue weighted by Crippen LogP contribution is 2.23. The van der Waals surface area contributed by atoms with Crippen LogP contribution >= 0.6 is 11.3 Å². The molecule has 0 aliphatic carbocycles. The molecule has 0 bridgehead atoms. The zero-order valence-corrected chi connectivity index (χ0v) is 18.2. The number of hydrogen-bond donors (Lipinski definition) is 0. The maximum atomic E-state index is 12.4. The first-order chi connectivity index (χ1) is 14.2. The van der Waals surface area contributed by atoms with Gasteiger partial charge in [0.05, 0.1) is 25.8 Å². The average Bonchev–Trinajstić information content (AvgIpc) is 3.04. The highest BCUT2D eigenvalue weighted by molar-refractivity contribution is 7.91. The molecule has 3 rings (SSSR count). The first-order valence-electron chi connectivity index (χ1n) is 9.36. The van der Waals surface area contributed by atoms with E-state index in [2.05, 4.69) is 4.99 Å². The van der Waals surface area contributed by atoms with E-state index < -0.39 is 20.7 Å². The third kappa shape index (κ3) is 4.82. The minimum Gasteiger partial charge on any atom is -0.316 e. The quantitative estimate of drug-likeness (QED) is 0.406. The Hall–Kier alpha value is -2.85. The van der Waals surface area contributed by atoms with Crippen LogP contribution in [0.15, 0.2) is 52.4 Å². The first kappa shape index (κ1) is 21.8. The van der Waals surface area contributed by atoms with E-state index in [1.807, 2.05) is 13.8 Å². The molecule has 0 fully saturated rings. The second-order valence-corrected chi connectivity index (χ2v) is 9.90. The van der Waals surface area contributed by atoms with Crippen molar-refractivity contribution in [1.82, 2.24) is 4.57 Å². The molecule has 0 atom stereocenters. The predicted octanol–water partition coefficient (Wildman–Crippen LogP) is 3.62. The van der Waals surface area contributed by atoms with Gasteiger partial charge in [-0.2, -0.15) is 4.99 Å². The fraction of sp³-hybridized carbons (Fsp3) is 0.300. The Labute approximate surface area is 177 Å². The number of amides is 1. The third-order valence-corrected chi connectivity index (χ3v) is 7.47. The standard InChI is InChI=1S/C20H21N3O5S2/c1-3-22-17-13-15(23(25)26)8-11-18(17)29-20(22)21-19(24)5-4-12-30(27,28)16-9-6-14(2)7-10-16/h6-11,13H,3-5,12H2,1-2H3. The molecule has 158 valence electrons. The largest absolute Gasteiger partial charge is 0.316 e. The summed E-state index contributed by atoms with van der Waals surface area (Å²) in [6.07, 6.45) is 0.171. The molecular formula is C20H21N3O5S2. The van der Waals surface area contributed by atoms with Gasteiger partial charge < -0.3 is 4.57 Å². The lowest BCUT2D eigenvalue weighted by atomic mass is 10.2. The van der Waals surface area contributed by atoms with Gasteiger partial charge in [0.25, 0.3) is 5.69 Å². The number of aryl methyl sites for hydroxylation is 2. The van der Waals surface area contributed by atoms with Crippen LogP contribution in [0.1, 0.15) is 25.3 Å². The minimum atomic E-state index is -3.45. The minimum absolute atomic E-state index is 0.00317. The summed E-state index contributed by atoms with van der Waals surface area (Å²) in [6, 6.07) is 11.1. The van der Waals surface area contributed by atoms with Gasteiger partial charge in [-0.3, -0.25) is 14.9 Å². The Morgan fingerprint density at radius 1 is 1.20 bits per heavy atom. The zero-order valence-electron chi connectivity index (χ0n) is 16.6. The number of carbonyl (C=O) groups is 1. The number of aromatic nitrogens is 1. The number of rotatable bonds is 7. The summed E-state index contributed by atoms with van der Waals surface area (Å²) in [5, 5.41) is 11.0. The SMILES string of the molecule is CCn1c(=NC(=O)CCCS(=O)(=O)c2ccc(C)cc2)sc2ccc([N+](=O)[O-])cc21. The van der Waals surface area contributed by atoms with Gasteiger partial charge in [-0.15, -0.1) is 0 Å². The number of nitrogens with zero attached hydrogens (tertiary/aromatic N) is 3. The van der Waals surface area contributed by atoms with Crippen molar-refractivity contribution < 1.29 is 18.1 Å². The second kappa shape index (κ2) is 8.88. The fourth-order valence-corrected chi connectivity index (χ4v) is 5.40. The molecule has 0 saturated heterocycles. The van der Waals surface area contributed by atoms with Gasteiger partial charge in [0.15, 0.2) is 14.6 Å². The molecule has 1 heterocycles. The van der Waals surface area contributed by atoms with Gasteiger partial charge in [0.1, 0.15) is 0 Å². The van der Waals surface area contributed by atoms with Crippen LogP contribution in [0, 0.1) is 17.0 Å². The molecular weight excluding hydrogens is 426 g/mol. The molecule has 0 aliphatic heterocycles. The summed E-state index contributed by atoms with van der Waals surface area (Å²) in [4.78, 5) is 27.7. The average molecular weight is 448 g/mol. The summed E-state index contributed by atoms with van der Waals surface area (Å²) in [7, 11) is -3.45. The van der Waals surface area contributed by atoms with Crippen molar-refractivity contribution in [2.75, 3.05) is 5.75 Å². The topological polar surface area (TPSA) is 112 Å². The van der Waals surface area contributed by atoms with E-state index in [1.165, 1.54) is 23.5 Å². The van der Waals surface area contributed by atoms with Crippen LogP contribution in [0.25, 0.3) is 10.2 Å². The van der Waals surface area contributed by atoms with Crippen LogP contribution in [0.3, 0.4) is 0 Å². The van der Waals surface area contributed by atoms with Crippen molar-refractivity contribution in [2.24, 2.45) is 4.99 Å². The Morgan fingerprint density at radius 3 is 2.53 bits per heavy atom. The number of hydrogen-bond acceptors (Lipinski definition) is 6. The molecule has 0 N–H and O–H groups in total. The van der Waals surface area contributed by atoms with Crippen molar-refractivity contribution in [3.8, 4) is 0 Å². The fourth-order valence-electron chi connectivity index (χ4n) is 3.00. The molecule has 0 spiro atoms. The molecule has 0 saturated carbocycles. The van der Waals surface area contributed by atoms with Crippen molar-refractivity contribution >= 4 is 43.0 Å². The molecule has 3 aromatic rings. The molecule has 2 aromatic carbocycles. The number of fused-ring (bicyclic) bond motifs is 1. The van der Waals surface area contributed by atoms with E-state index >= 15 is 0 Å². The van der Waals surface area contributed by atoms with Crippen LogP contribution in [-0.4, -0.2) is 29.6 Å². The van der Waals surface area contributed by atoms with E-state index in [-0.39, 0.29) is 29.2 Å². The number of benzene rings is 2. The van der Waals surface area contributed by atoms with Crippen molar-refractivity contribution in [2.45, 2.75) is 38.1 Å². The molecule has 0 unspecified atom stereocenters. The normalized spacial score (nSPS) is 12.4. The lowest BCUT2D eigenvalue weighted by molar-refractivity contribution is -0.384. The predicted molar refractivity (Wildman–Crippen MR) is 115 cm³/mol. The van der Waals surface area contributed by atoms with Crippen LogP contribution in [0.4, 0.5) is 5.69 Å². The van der Waals surface area contributed by atoms with Crippen molar-refractivity contribution in [3.05, 3.63) is 62.9 Å². The molecule has 8 nitrogen and oxygen atoms in total. The number of sulfone groups is 1. The lowest BCUT2D eigenvalue weighted by Gasteiger charge is -2.04. The van der Waals surface area contributed by atoms with E-state index in [1.54, 1.807) is 34.9 Å². The number of non-ortho nitro benzene ring substituents is 1. The van der Waals surface area contributed by atoms with Gasteiger partial charge >= 0.3 is 0 Å². The zero-order chi connectivity index (χ0) is 21.9. The number of thiazole rings is 1. The summed E-state index contributed by atoms with van der Waals surface area (Å²) < 4.78 is 27.3. The smallest absolute Gasteiger partial charge is 0.271 e. The Balaban J connectivity index is 1.75. The monoisotopic (exact) mass is 447 g/mol. The van der Waals surface area contributed by atoms with Crippen LogP contribution in [0.2, 0.25) is 0 Å². The second-order valence-electron chi connectivity index (χ2n) is 6.78. The summed E-state index contributed by atoms with van der Waals surface area (Å²) in [6.45, 7) is 4.24. The summed E-state index contributed by atoms with van der Waals surface area (Å²) in [5.41, 5.74) is 1.59. The van der Waals surface area contributed by atoms with Crippen LogP contribution in [-0.2, 0) is 21.2 Å². The van der Waals surface area contributed by atoms with Crippen molar-refractivity contribution in [1.29, 1.82) is 0 Å². The highest BCUT2D eigenvalue weighted by Gasteiger charge is 2.15. The van der Waals surface area contributed by atoms with Gasteiger partial charge in [0, 0.05) is 25.1 Å². The third-order valence-electron chi connectivity index (χ3n) is 4.60. The molecule has 10 heteroatoms. The van der Waals surface area contributed by atoms with Crippen LogP contribution < -0.4 is 4.80 Å². The van der Waals surface area contributed by atoms with Crippen molar-refractivity contribution in [3.63, 3.8) is 0 Å². The van der Waals surface area contributed by atoms with Gasteiger partial charge in [-0.1, -0.05) is 29.0 Å². The molecule has 30 heavy (non-hydrogen) atoms. The first-order valence-corrected chi connectivity index (χ1v) is 11.8. The maximum absolute atomic E-state index is 12.4. The number of carbonyl (C=O) groups excluding carboxylic acids is 1. The number of nitro benzene ring substituents is 1. The Kier molecular flexibility index (Phi) is 6.47. The van der Waals surface area contributed by atoms with Gasteiger partial charge in [0.2, 0.25) is 5.91 Å². The lowest BCUT2D eigenvalue weighted by Crippen LogP contribution is -2.16. The molecule has 0 aliphatic rings. The molecule has 1 amide bonds. The van der Waals surface area contributed by atoms with E-state index in [0.717, 1.165) is 10.3 Å². The van der Waals surface area contributed by atoms with Gasteiger partial charge in [-0.25, -0.2) is 8.42 Å². The van der Waals surface area contributed by atoms with Crippen LogP contribution in [0.5, 0.6) is 0 Å². The highest BCUT2D eigenvalue weighted by atomic mass is 32.2. The van der Waals surface area contributed by atoms with E-state index in [4.69, 9.17) is 0 Å². The Bertz CT molecular complexity index is 1270. The number of nitro groups is 1. The molecule has 0 radical (unpaired) electrons.